The second kappa shape index (κ2) is 6.09. The number of carbonyl (C=O) groups excluding carboxylic acids is 1. The number of carboxylic acid groups (broad SMARTS) is 1. The van der Waals surface area contributed by atoms with Crippen molar-refractivity contribution in [3.8, 4) is 0 Å². The Balaban J connectivity index is 2.34. The molecule has 94 valence electrons. The van der Waals surface area contributed by atoms with Gasteiger partial charge in [-0.25, -0.2) is 23.4 Å². The highest BCUT2D eigenvalue weighted by Gasteiger charge is 2.10. The highest BCUT2D eigenvalue weighted by Crippen LogP contribution is 2.09. The number of aromatic nitrogens is 1. The van der Waals surface area contributed by atoms with E-state index in [4.69, 9.17) is 5.11 Å². The molecular weight excluding hydrogens is 256 g/mol. The Labute approximate surface area is 98.7 Å². The molecule has 3 N–H and O–H groups in total. The fraction of sp³-hybridized carbons (Fsp3) is 0.375. The lowest BCUT2D eigenvalue weighted by molar-refractivity contribution is 0.0691. The first kappa shape index (κ1) is 13.3. The molecule has 0 radical (unpaired) electrons. The van der Waals surface area contributed by atoms with Crippen LogP contribution in [0.5, 0.6) is 0 Å². The quantitative estimate of drug-likeness (QED) is 0.737. The zero-order valence-electron chi connectivity index (χ0n) is 8.44. The maximum atomic E-state index is 11.7. The van der Waals surface area contributed by atoms with E-state index in [9.17, 15) is 18.4 Å². The van der Waals surface area contributed by atoms with E-state index in [1.807, 2.05) is 5.32 Å². The molecule has 1 rings (SSSR count). The summed E-state index contributed by atoms with van der Waals surface area (Å²) in [7, 11) is 0. The number of carbonyl (C=O) groups is 2. The molecule has 0 unspecified atom stereocenters. The predicted octanol–water partition coefficient (Wildman–Crippen LogP) is 0.906. The SMILES string of the molecule is O=C(NCc1nc(C(=O)O)cs1)NCC(F)F. The Hall–Kier alpha value is -1.77. The lowest BCUT2D eigenvalue weighted by Crippen LogP contribution is -2.37. The lowest BCUT2D eigenvalue weighted by atomic mass is 10.5. The largest absolute Gasteiger partial charge is 0.476 e. The van der Waals surface area contributed by atoms with Crippen molar-refractivity contribution in [2.45, 2.75) is 13.0 Å². The first-order chi connectivity index (χ1) is 7.99. The van der Waals surface area contributed by atoms with E-state index in [1.165, 1.54) is 5.38 Å². The third kappa shape index (κ3) is 4.72. The number of urea groups is 1. The zero-order valence-corrected chi connectivity index (χ0v) is 9.26. The molecule has 0 spiro atoms. The summed E-state index contributed by atoms with van der Waals surface area (Å²) in [5.74, 6) is -1.16. The molecule has 1 aromatic rings. The molecule has 0 fully saturated rings. The molecule has 1 heterocycles. The third-order valence-corrected chi connectivity index (χ3v) is 2.44. The molecule has 0 aliphatic heterocycles. The van der Waals surface area contributed by atoms with Gasteiger partial charge in [0.05, 0.1) is 13.1 Å². The number of aromatic carboxylic acids is 1. The number of carboxylic acids is 1. The number of amides is 2. The summed E-state index contributed by atoms with van der Waals surface area (Å²) in [6.45, 7) is -0.739. The van der Waals surface area contributed by atoms with E-state index >= 15 is 0 Å². The second-order valence-electron chi connectivity index (χ2n) is 2.89. The maximum Gasteiger partial charge on any atom is 0.355 e. The minimum atomic E-state index is -2.61. The topological polar surface area (TPSA) is 91.3 Å². The molecule has 0 aromatic carbocycles. The van der Waals surface area contributed by atoms with E-state index in [2.05, 4.69) is 10.3 Å². The molecule has 2 amide bonds. The highest BCUT2D eigenvalue weighted by molar-refractivity contribution is 7.09. The molecule has 0 aliphatic rings. The van der Waals surface area contributed by atoms with Crippen molar-refractivity contribution in [2.24, 2.45) is 0 Å². The average molecular weight is 265 g/mol. The number of nitrogens with zero attached hydrogens (tertiary/aromatic N) is 1. The van der Waals surface area contributed by atoms with Gasteiger partial charge in [-0.3, -0.25) is 0 Å². The summed E-state index contributed by atoms with van der Waals surface area (Å²) < 4.78 is 23.5. The third-order valence-electron chi connectivity index (χ3n) is 1.59. The number of rotatable bonds is 5. The molecule has 1 aromatic heterocycles. The predicted molar refractivity (Wildman–Crippen MR) is 55.3 cm³/mol. The normalized spacial score (nSPS) is 10.3. The van der Waals surface area contributed by atoms with Gasteiger partial charge in [0.25, 0.3) is 6.43 Å². The first-order valence-corrected chi connectivity index (χ1v) is 5.34. The van der Waals surface area contributed by atoms with E-state index in [-0.39, 0.29) is 12.2 Å². The van der Waals surface area contributed by atoms with Crippen molar-refractivity contribution < 1.29 is 23.5 Å². The Morgan fingerprint density at radius 2 is 2.18 bits per heavy atom. The van der Waals surface area contributed by atoms with Gasteiger partial charge in [-0.05, 0) is 0 Å². The van der Waals surface area contributed by atoms with E-state index in [1.54, 1.807) is 0 Å². The maximum absolute atomic E-state index is 11.7. The van der Waals surface area contributed by atoms with Gasteiger partial charge in [0.15, 0.2) is 5.69 Å². The number of halogens is 2. The van der Waals surface area contributed by atoms with Crippen molar-refractivity contribution in [3.05, 3.63) is 16.1 Å². The molecule has 0 saturated carbocycles. The number of alkyl halides is 2. The van der Waals surface area contributed by atoms with Crippen LogP contribution in [-0.2, 0) is 6.54 Å². The van der Waals surface area contributed by atoms with E-state index in [0.717, 1.165) is 11.3 Å². The summed E-state index contributed by atoms with van der Waals surface area (Å²) in [6.07, 6.45) is -2.61. The Kier molecular flexibility index (Phi) is 4.76. The van der Waals surface area contributed by atoms with Gasteiger partial charge in [0, 0.05) is 5.38 Å². The highest BCUT2D eigenvalue weighted by atomic mass is 32.1. The molecular formula is C8H9F2N3O3S. The van der Waals surface area contributed by atoms with Gasteiger partial charge in [0.1, 0.15) is 5.01 Å². The van der Waals surface area contributed by atoms with Crippen molar-refractivity contribution >= 4 is 23.3 Å². The number of thiazole rings is 1. The van der Waals surface area contributed by atoms with Crippen molar-refractivity contribution in [2.75, 3.05) is 6.54 Å². The second-order valence-corrected chi connectivity index (χ2v) is 3.83. The molecule has 0 saturated heterocycles. The fourth-order valence-corrected chi connectivity index (χ4v) is 1.59. The van der Waals surface area contributed by atoms with Gasteiger partial charge < -0.3 is 15.7 Å². The van der Waals surface area contributed by atoms with Crippen LogP contribution in [0.1, 0.15) is 15.5 Å². The number of hydrogen-bond acceptors (Lipinski definition) is 4. The van der Waals surface area contributed by atoms with Crippen molar-refractivity contribution in [1.29, 1.82) is 0 Å². The van der Waals surface area contributed by atoms with Crippen molar-refractivity contribution in [1.82, 2.24) is 15.6 Å². The summed E-state index contributed by atoms with van der Waals surface area (Å²) in [5, 5.41) is 14.5. The Morgan fingerprint density at radius 3 is 2.71 bits per heavy atom. The summed E-state index contributed by atoms with van der Waals surface area (Å²) in [6, 6.07) is -0.752. The average Bonchev–Trinajstić information content (AvgIpc) is 2.72. The van der Waals surface area contributed by atoms with Crippen LogP contribution in [-0.4, -0.2) is 35.1 Å². The van der Waals surface area contributed by atoms with Crippen molar-refractivity contribution in [3.63, 3.8) is 0 Å². The van der Waals surface area contributed by atoms with Gasteiger partial charge in [-0.2, -0.15) is 0 Å². The van der Waals surface area contributed by atoms with Crippen LogP contribution in [0, 0.1) is 0 Å². The summed E-state index contributed by atoms with van der Waals surface area (Å²) in [4.78, 5) is 25.2. The van der Waals surface area contributed by atoms with Crippen LogP contribution in [0.4, 0.5) is 13.6 Å². The van der Waals surface area contributed by atoms with Crippen LogP contribution in [0.15, 0.2) is 5.38 Å². The van der Waals surface area contributed by atoms with Gasteiger partial charge in [0.2, 0.25) is 0 Å². The molecule has 9 heteroatoms. The van der Waals surface area contributed by atoms with E-state index in [0.29, 0.717) is 5.01 Å². The van der Waals surface area contributed by atoms with Crippen LogP contribution < -0.4 is 10.6 Å². The smallest absolute Gasteiger partial charge is 0.355 e. The fourth-order valence-electron chi connectivity index (χ4n) is 0.879. The zero-order chi connectivity index (χ0) is 12.8. The van der Waals surface area contributed by atoms with Crippen LogP contribution in [0.3, 0.4) is 0 Å². The molecule has 17 heavy (non-hydrogen) atoms. The van der Waals surface area contributed by atoms with Crippen LogP contribution >= 0.6 is 11.3 Å². The van der Waals surface area contributed by atoms with Gasteiger partial charge in [-0.1, -0.05) is 0 Å². The first-order valence-electron chi connectivity index (χ1n) is 4.46. The van der Waals surface area contributed by atoms with E-state index < -0.39 is 25.0 Å². The minimum Gasteiger partial charge on any atom is -0.476 e. The van der Waals surface area contributed by atoms with Crippen LogP contribution in [0.25, 0.3) is 0 Å². The van der Waals surface area contributed by atoms with Gasteiger partial charge >= 0.3 is 12.0 Å². The van der Waals surface area contributed by atoms with Gasteiger partial charge in [-0.15, -0.1) is 11.3 Å². The Bertz CT molecular complexity index is 410. The summed E-state index contributed by atoms with van der Waals surface area (Å²) >= 11 is 1.06. The minimum absolute atomic E-state index is 0.00693. The molecule has 0 bridgehead atoms. The molecule has 6 nitrogen and oxygen atoms in total. The lowest BCUT2D eigenvalue weighted by Gasteiger charge is -2.04. The molecule has 0 aliphatic carbocycles. The monoisotopic (exact) mass is 265 g/mol. The molecule has 0 atom stereocenters. The van der Waals surface area contributed by atoms with Crippen LogP contribution in [0.2, 0.25) is 0 Å². The summed E-state index contributed by atoms with van der Waals surface area (Å²) in [5.41, 5.74) is -0.111. The Morgan fingerprint density at radius 1 is 1.47 bits per heavy atom. The standard InChI is InChI=1S/C8H9F2N3O3S/c9-5(10)1-11-8(16)12-2-6-13-4(3-17-6)7(14)15/h3,5H,1-2H2,(H,14,15)(H2,11,12,16). The number of nitrogens with one attached hydrogen (secondary N) is 2. The number of hydrogen-bond donors (Lipinski definition) is 3.